The van der Waals surface area contributed by atoms with Crippen molar-refractivity contribution in [3.63, 3.8) is 0 Å². The van der Waals surface area contributed by atoms with Crippen molar-refractivity contribution < 1.29 is 23.4 Å². The minimum atomic E-state index is -0.542. The molecule has 0 N–H and O–H groups in total. The molecule has 1 aliphatic heterocycles. The molecule has 0 aliphatic carbocycles. The molecule has 2 aromatic rings. The number of aromatic nitrogens is 1. The number of halogens is 1. The minimum absolute atomic E-state index is 0.252. The smallest absolute Gasteiger partial charge is 0.410 e. The van der Waals surface area contributed by atoms with Crippen molar-refractivity contribution in [1.82, 2.24) is 9.88 Å². The largest absolute Gasteiger partial charge is 0.491 e. The van der Waals surface area contributed by atoms with E-state index in [9.17, 15) is 9.18 Å². The van der Waals surface area contributed by atoms with Crippen LogP contribution in [0.15, 0.2) is 24.4 Å². The zero-order valence-corrected chi connectivity index (χ0v) is 18.1. The Balaban J connectivity index is 1.61. The van der Waals surface area contributed by atoms with Crippen LogP contribution in [0.2, 0.25) is 0 Å². The predicted octanol–water partition coefficient (Wildman–Crippen LogP) is 4.53. The Bertz CT molecular complexity index is 849. The van der Waals surface area contributed by atoms with Crippen LogP contribution < -0.4 is 4.74 Å². The van der Waals surface area contributed by atoms with Crippen LogP contribution in [0, 0.1) is 5.82 Å². The predicted molar refractivity (Wildman–Crippen MR) is 110 cm³/mol. The number of thiazole rings is 1. The van der Waals surface area contributed by atoms with Gasteiger partial charge in [0, 0.05) is 23.2 Å². The van der Waals surface area contributed by atoms with Crippen molar-refractivity contribution in [2.24, 2.45) is 0 Å². The lowest BCUT2D eigenvalue weighted by Crippen LogP contribution is -2.49. The monoisotopic (exact) mass is 422 g/mol. The molecule has 0 bridgehead atoms. The van der Waals surface area contributed by atoms with Gasteiger partial charge in [0.05, 0.1) is 13.2 Å². The topological polar surface area (TPSA) is 60.9 Å². The van der Waals surface area contributed by atoms with E-state index >= 15 is 0 Å². The van der Waals surface area contributed by atoms with Crippen molar-refractivity contribution in [3.05, 3.63) is 35.1 Å². The summed E-state index contributed by atoms with van der Waals surface area (Å²) in [5, 5.41) is 0.634. The Morgan fingerprint density at radius 3 is 2.90 bits per heavy atom. The van der Waals surface area contributed by atoms with Gasteiger partial charge in [-0.05, 0) is 45.4 Å². The van der Waals surface area contributed by atoms with E-state index in [-0.39, 0.29) is 24.6 Å². The average Bonchev–Trinajstić information content (AvgIpc) is 3.15. The number of hydrogen-bond acceptors (Lipinski definition) is 6. The van der Waals surface area contributed by atoms with E-state index in [1.54, 1.807) is 23.2 Å². The van der Waals surface area contributed by atoms with Gasteiger partial charge in [-0.3, -0.25) is 0 Å². The highest BCUT2D eigenvalue weighted by Crippen LogP contribution is 2.31. The van der Waals surface area contributed by atoms with Gasteiger partial charge in [0.25, 0.3) is 0 Å². The summed E-state index contributed by atoms with van der Waals surface area (Å²) in [6, 6.07) is 4.62. The van der Waals surface area contributed by atoms with Crippen molar-refractivity contribution >= 4 is 17.4 Å². The van der Waals surface area contributed by atoms with Crippen LogP contribution in [0.25, 0.3) is 10.6 Å². The zero-order chi connectivity index (χ0) is 21.0. The maximum atomic E-state index is 14.3. The molecule has 0 unspecified atom stereocenters. The summed E-state index contributed by atoms with van der Waals surface area (Å²) >= 11 is 1.47. The fourth-order valence-electron chi connectivity index (χ4n) is 2.86. The SMILES string of the molecule is CCc1cnc(-c2cc(OC[C@H]3CN(C(=O)OC(C)(C)C)CCO3)ccc2F)s1. The molecule has 0 radical (unpaired) electrons. The Morgan fingerprint density at radius 1 is 1.41 bits per heavy atom. The van der Waals surface area contributed by atoms with Crippen LogP contribution in [0.1, 0.15) is 32.6 Å². The van der Waals surface area contributed by atoms with Crippen molar-refractivity contribution in [2.75, 3.05) is 26.3 Å². The summed E-state index contributed by atoms with van der Waals surface area (Å²) in [5.41, 5.74) is -0.119. The van der Waals surface area contributed by atoms with Gasteiger partial charge in [-0.25, -0.2) is 14.2 Å². The van der Waals surface area contributed by atoms with Crippen molar-refractivity contribution in [3.8, 4) is 16.3 Å². The van der Waals surface area contributed by atoms with E-state index in [1.807, 2.05) is 27.7 Å². The number of aryl methyl sites for hydroxylation is 1. The summed E-state index contributed by atoms with van der Waals surface area (Å²) in [5.74, 6) is 0.201. The molecular formula is C21H27FN2O4S. The van der Waals surface area contributed by atoms with Gasteiger partial charge < -0.3 is 19.1 Å². The highest BCUT2D eigenvalue weighted by Gasteiger charge is 2.28. The lowest BCUT2D eigenvalue weighted by atomic mass is 10.2. The van der Waals surface area contributed by atoms with Crippen LogP contribution >= 0.6 is 11.3 Å². The van der Waals surface area contributed by atoms with Crippen molar-refractivity contribution in [1.29, 1.82) is 0 Å². The summed E-state index contributed by atoms with van der Waals surface area (Å²) in [6.07, 6.45) is 2.00. The van der Waals surface area contributed by atoms with Crippen LogP contribution in [0.5, 0.6) is 5.75 Å². The molecule has 1 aliphatic rings. The molecule has 1 atom stereocenters. The first-order valence-corrected chi connectivity index (χ1v) is 10.5. The number of morpholine rings is 1. The minimum Gasteiger partial charge on any atom is -0.491 e. The third-order valence-corrected chi connectivity index (χ3v) is 5.47. The second-order valence-corrected chi connectivity index (χ2v) is 8.97. The van der Waals surface area contributed by atoms with Gasteiger partial charge in [0.1, 0.15) is 34.9 Å². The summed E-state index contributed by atoms with van der Waals surface area (Å²) in [4.78, 5) is 19.3. The van der Waals surface area contributed by atoms with Gasteiger partial charge in [-0.15, -0.1) is 11.3 Å². The van der Waals surface area contributed by atoms with Gasteiger partial charge in [-0.1, -0.05) is 6.92 Å². The van der Waals surface area contributed by atoms with E-state index in [2.05, 4.69) is 4.98 Å². The number of rotatable bonds is 5. The van der Waals surface area contributed by atoms with Crippen LogP contribution in [0.4, 0.5) is 9.18 Å². The molecule has 0 spiro atoms. The summed E-state index contributed by atoms with van der Waals surface area (Å²) in [6.45, 7) is 9.09. The standard InChI is InChI=1S/C21H27FN2O4S/c1-5-16-11-23-19(29-16)17-10-14(6-7-18(17)22)27-13-15-12-24(8-9-26-15)20(25)28-21(2,3)4/h6-7,10-11,15H,5,8-9,12-13H2,1-4H3/t15-/m1/s1. The first-order valence-electron chi connectivity index (χ1n) is 9.72. The lowest BCUT2D eigenvalue weighted by molar-refractivity contribution is -0.0557. The number of carbonyl (C=O) groups excluding carboxylic acids is 1. The van der Waals surface area contributed by atoms with Gasteiger partial charge in [0.15, 0.2) is 0 Å². The summed E-state index contributed by atoms with van der Waals surface area (Å²) < 4.78 is 31.2. The maximum Gasteiger partial charge on any atom is 0.410 e. The molecule has 2 heterocycles. The second kappa shape index (κ2) is 9.09. The van der Waals surface area contributed by atoms with Gasteiger partial charge >= 0.3 is 6.09 Å². The molecule has 29 heavy (non-hydrogen) atoms. The average molecular weight is 423 g/mol. The summed E-state index contributed by atoms with van der Waals surface area (Å²) in [7, 11) is 0. The first-order chi connectivity index (χ1) is 13.7. The number of benzene rings is 1. The molecule has 3 rings (SSSR count). The normalized spacial score (nSPS) is 17.3. The molecular weight excluding hydrogens is 395 g/mol. The highest BCUT2D eigenvalue weighted by atomic mass is 32.1. The zero-order valence-electron chi connectivity index (χ0n) is 17.2. The van der Waals surface area contributed by atoms with E-state index in [0.29, 0.717) is 36.0 Å². The molecule has 1 saturated heterocycles. The molecule has 1 amide bonds. The van der Waals surface area contributed by atoms with Crippen LogP contribution in [-0.2, 0) is 15.9 Å². The first kappa shape index (κ1) is 21.5. The molecule has 8 heteroatoms. The van der Waals surface area contributed by atoms with E-state index in [0.717, 1.165) is 11.3 Å². The molecule has 6 nitrogen and oxygen atoms in total. The van der Waals surface area contributed by atoms with Gasteiger partial charge in [-0.2, -0.15) is 0 Å². The number of amides is 1. The highest BCUT2D eigenvalue weighted by molar-refractivity contribution is 7.15. The van der Waals surface area contributed by atoms with Crippen molar-refractivity contribution in [2.45, 2.75) is 45.8 Å². The lowest BCUT2D eigenvalue weighted by Gasteiger charge is -2.34. The molecule has 1 fully saturated rings. The number of ether oxygens (including phenoxy) is 3. The quantitative estimate of drug-likeness (QED) is 0.709. The molecule has 1 aromatic heterocycles. The van der Waals surface area contributed by atoms with E-state index in [4.69, 9.17) is 14.2 Å². The van der Waals surface area contributed by atoms with E-state index in [1.165, 1.54) is 17.4 Å². The van der Waals surface area contributed by atoms with Crippen LogP contribution in [0.3, 0.4) is 0 Å². The van der Waals surface area contributed by atoms with Gasteiger partial charge in [0.2, 0.25) is 0 Å². The Kier molecular flexibility index (Phi) is 6.74. The Hall–Kier alpha value is -2.19. The molecule has 158 valence electrons. The molecule has 0 saturated carbocycles. The Labute approximate surface area is 174 Å². The van der Waals surface area contributed by atoms with Crippen LogP contribution in [-0.4, -0.2) is 54.0 Å². The number of hydrogen-bond donors (Lipinski definition) is 0. The number of carbonyl (C=O) groups is 1. The molecule has 1 aromatic carbocycles. The van der Waals surface area contributed by atoms with E-state index < -0.39 is 5.60 Å². The third-order valence-electron chi connectivity index (χ3n) is 4.30. The fraction of sp³-hybridized carbons (Fsp3) is 0.524. The number of nitrogens with zero attached hydrogens (tertiary/aromatic N) is 2. The fourth-order valence-corrected chi connectivity index (χ4v) is 3.73. The third kappa shape index (κ3) is 5.90. The maximum absolute atomic E-state index is 14.3. The second-order valence-electron chi connectivity index (χ2n) is 7.86. The Morgan fingerprint density at radius 2 is 2.21 bits per heavy atom.